The molecule has 7 heteroatoms. The van der Waals surface area contributed by atoms with Crippen LogP contribution in [0.5, 0.6) is 5.75 Å². The molecule has 2 rings (SSSR count). The standard InChI is InChI=1S/C17H19F2NO4/c1-11(3-6-16(21)23-2)17(22)20-8-7-13(10-20)24-15-9-12(18)4-5-14(15)19/h4-5,9,13H,1,3,6-8,10H2,2H3. The fourth-order valence-electron chi connectivity index (χ4n) is 2.44. The van der Waals surface area contributed by atoms with Crippen LogP contribution in [0, 0.1) is 11.6 Å². The lowest BCUT2D eigenvalue weighted by atomic mass is 10.1. The van der Waals surface area contributed by atoms with Crippen LogP contribution in [0.1, 0.15) is 19.3 Å². The van der Waals surface area contributed by atoms with Gasteiger partial charge in [0.2, 0.25) is 5.91 Å². The van der Waals surface area contributed by atoms with Gasteiger partial charge in [0, 0.05) is 31.0 Å². The summed E-state index contributed by atoms with van der Waals surface area (Å²) in [4.78, 5) is 24.9. The number of carbonyl (C=O) groups excluding carboxylic acids is 2. The first-order valence-corrected chi connectivity index (χ1v) is 7.56. The SMILES string of the molecule is C=C(CCC(=O)OC)C(=O)N1CCC(Oc2cc(F)ccc2F)C1. The van der Waals surface area contributed by atoms with Crippen LogP contribution in [0.2, 0.25) is 0 Å². The van der Waals surface area contributed by atoms with Gasteiger partial charge in [0.1, 0.15) is 11.9 Å². The molecule has 0 N–H and O–H groups in total. The van der Waals surface area contributed by atoms with Crippen LogP contribution in [-0.2, 0) is 14.3 Å². The molecule has 1 atom stereocenters. The lowest BCUT2D eigenvalue weighted by Gasteiger charge is -2.18. The van der Waals surface area contributed by atoms with Crippen LogP contribution in [0.3, 0.4) is 0 Å². The topological polar surface area (TPSA) is 55.8 Å². The van der Waals surface area contributed by atoms with Gasteiger partial charge in [-0.15, -0.1) is 0 Å². The molecule has 0 bridgehead atoms. The number of esters is 1. The largest absolute Gasteiger partial charge is 0.485 e. The highest BCUT2D eigenvalue weighted by molar-refractivity contribution is 5.93. The van der Waals surface area contributed by atoms with E-state index >= 15 is 0 Å². The average molecular weight is 339 g/mol. The van der Waals surface area contributed by atoms with Crippen molar-refractivity contribution in [2.24, 2.45) is 0 Å². The van der Waals surface area contributed by atoms with E-state index in [2.05, 4.69) is 11.3 Å². The van der Waals surface area contributed by atoms with Crippen LogP contribution in [0.15, 0.2) is 30.4 Å². The van der Waals surface area contributed by atoms with Gasteiger partial charge in [-0.25, -0.2) is 8.78 Å². The average Bonchev–Trinajstić information content (AvgIpc) is 3.03. The molecule has 0 saturated carbocycles. The van der Waals surface area contributed by atoms with Gasteiger partial charge in [0.05, 0.1) is 13.7 Å². The summed E-state index contributed by atoms with van der Waals surface area (Å²) >= 11 is 0. The van der Waals surface area contributed by atoms with Crippen molar-refractivity contribution in [3.05, 3.63) is 42.0 Å². The Morgan fingerprint density at radius 1 is 1.33 bits per heavy atom. The number of ether oxygens (including phenoxy) is 2. The molecule has 0 radical (unpaired) electrons. The van der Waals surface area contributed by atoms with E-state index in [1.807, 2.05) is 0 Å². The Bertz CT molecular complexity index is 647. The third kappa shape index (κ3) is 4.53. The molecule has 0 aromatic heterocycles. The summed E-state index contributed by atoms with van der Waals surface area (Å²) in [5.74, 6) is -2.09. The first kappa shape index (κ1) is 17.9. The van der Waals surface area contributed by atoms with Gasteiger partial charge >= 0.3 is 5.97 Å². The van der Waals surface area contributed by atoms with Gasteiger partial charge in [-0.3, -0.25) is 9.59 Å². The summed E-state index contributed by atoms with van der Waals surface area (Å²) in [7, 11) is 1.28. The second-order valence-corrected chi connectivity index (χ2v) is 5.53. The fraction of sp³-hybridized carbons (Fsp3) is 0.412. The molecular formula is C17H19F2NO4. The molecular weight excluding hydrogens is 320 g/mol. The molecule has 1 saturated heterocycles. The summed E-state index contributed by atoms with van der Waals surface area (Å²) in [6, 6.07) is 2.99. The van der Waals surface area contributed by atoms with Crippen LogP contribution in [0.4, 0.5) is 8.78 Å². The predicted octanol–water partition coefficient (Wildman–Crippen LogP) is 2.45. The smallest absolute Gasteiger partial charge is 0.305 e. The maximum atomic E-state index is 13.6. The van der Waals surface area contributed by atoms with Crippen molar-refractivity contribution < 1.29 is 27.8 Å². The molecule has 1 amide bonds. The van der Waals surface area contributed by atoms with E-state index in [1.54, 1.807) is 0 Å². The Morgan fingerprint density at radius 3 is 2.79 bits per heavy atom. The highest BCUT2D eigenvalue weighted by atomic mass is 19.1. The number of carbonyl (C=O) groups is 2. The van der Waals surface area contributed by atoms with Crippen molar-refractivity contribution in [2.45, 2.75) is 25.4 Å². The van der Waals surface area contributed by atoms with E-state index in [-0.39, 0.29) is 31.0 Å². The van der Waals surface area contributed by atoms with Crippen LogP contribution in [-0.4, -0.2) is 43.1 Å². The van der Waals surface area contributed by atoms with Crippen molar-refractivity contribution in [1.82, 2.24) is 4.90 Å². The number of halogens is 2. The van der Waals surface area contributed by atoms with Crippen molar-refractivity contribution in [2.75, 3.05) is 20.2 Å². The van der Waals surface area contributed by atoms with E-state index in [1.165, 1.54) is 12.0 Å². The van der Waals surface area contributed by atoms with Gasteiger partial charge < -0.3 is 14.4 Å². The number of methoxy groups -OCH3 is 1. The zero-order valence-corrected chi connectivity index (χ0v) is 13.4. The minimum Gasteiger partial charge on any atom is -0.485 e. The van der Waals surface area contributed by atoms with Gasteiger partial charge in [0.15, 0.2) is 11.6 Å². The van der Waals surface area contributed by atoms with Crippen molar-refractivity contribution in [3.63, 3.8) is 0 Å². The Morgan fingerprint density at radius 2 is 2.08 bits per heavy atom. The minimum absolute atomic E-state index is 0.0867. The monoisotopic (exact) mass is 339 g/mol. The molecule has 5 nitrogen and oxygen atoms in total. The highest BCUT2D eigenvalue weighted by Crippen LogP contribution is 2.23. The molecule has 0 aliphatic carbocycles. The van der Waals surface area contributed by atoms with Crippen molar-refractivity contribution in [3.8, 4) is 5.75 Å². The number of amides is 1. The number of hydrogen-bond acceptors (Lipinski definition) is 4. The third-order valence-electron chi connectivity index (χ3n) is 3.78. The third-order valence-corrected chi connectivity index (χ3v) is 3.78. The lowest BCUT2D eigenvalue weighted by molar-refractivity contribution is -0.140. The van der Waals surface area contributed by atoms with Gasteiger partial charge in [-0.05, 0) is 18.6 Å². The Kier molecular flexibility index (Phi) is 5.89. The van der Waals surface area contributed by atoms with Gasteiger partial charge in [-0.1, -0.05) is 6.58 Å². The molecule has 0 spiro atoms. The number of likely N-dealkylation sites (tertiary alicyclic amines) is 1. The zero-order valence-electron chi connectivity index (χ0n) is 13.4. The molecule has 130 valence electrons. The van der Waals surface area contributed by atoms with Crippen LogP contribution >= 0.6 is 0 Å². The van der Waals surface area contributed by atoms with Crippen LogP contribution < -0.4 is 4.74 Å². The van der Waals surface area contributed by atoms with Gasteiger partial charge in [0.25, 0.3) is 0 Å². The Hall–Kier alpha value is -2.44. The lowest BCUT2D eigenvalue weighted by Crippen LogP contribution is -2.32. The number of nitrogens with zero attached hydrogens (tertiary/aromatic N) is 1. The van der Waals surface area contributed by atoms with E-state index in [4.69, 9.17) is 4.74 Å². The van der Waals surface area contributed by atoms with E-state index in [0.29, 0.717) is 18.5 Å². The summed E-state index contributed by atoms with van der Waals surface area (Å²) < 4.78 is 36.7. The second kappa shape index (κ2) is 7.90. The van der Waals surface area contributed by atoms with Gasteiger partial charge in [-0.2, -0.15) is 0 Å². The molecule has 1 aromatic rings. The molecule has 1 aliphatic heterocycles. The summed E-state index contributed by atoms with van der Waals surface area (Å²) in [5.41, 5.74) is 0.304. The normalized spacial score (nSPS) is 16.8. The Labute approximate surface area is 138 Å². The number of hydrogen-bond donors (Lipinski definition) is 0. The van der Waals surface area contributed by atoms with Crippen molar-refractivity contribution >= 4 is 11.9 Å². The maximum absolute atomic E-state index is 13.6. The van der Waals surface area contributed by atoms with Crippen molar-refractivity contribution in [1.29, 1.82) is 0 Å². The number of benzene rings is 1. The molecule has 1 fully saturated rings. The maximum Gasteiger partial charge on any atom is 0.305 e. The summed E-state index contributed by atoms with van der Waals surface area (Å²) in [6.45, 7) is 4.38. The molecule has 1 aliphatic rings. The number of rotatable bonds is 6. The fourth-order valence-corrected chi connectivity index (χ4v) is 2.44. The molecule has 24 heavy (non-hydrogen) atoms. The molecule has 1 unspecified atom stereocenters. The van der Waals surface area contributed by atoms with E-state index in [9.17, 15) is 18.4 Å². The minimum atomic E-state index is -0.649. The predicted molar refractivity (Wildman–Crippen MR) is 82.4 cm³/mol. The summed E-state index contributed by atoms with van der Waals surface area (Å²) in [6.07, 6.45) is 0.389. The molecule has 1 heterocycles. The summed E-state index contributed by atoms with van der Waals surface area (Å²) in [5, 5.41) is 0. The second-order valence-electron chi connectivity index (χ2n) is 5.53. The first-order valence-electron chi connectivity index (χ1n) is 7.56. The Balaban J connectivity index is 1.88. The first-order chi connectivity index (χ1) is 11.4. The van der Waals surface area contributed by atoms with E-state index in [0.717, 1.165) is 18.2 Å². The quantitative estimate of drug-likeness (QED) is 0.590. The highest BCUT2D eigenvalue weighted by Gasteiger charge is 2.29. The van der Waals surface area contributed by atoms with E-state index < -0.39 is 23.7 Å². The zero-order chi connectivity index (χ0) is 17.7. The molecule has 1 aromatic carbocycles. The van der Waals surface area contributed by atoms with Crippen LogP contribution in [0.25, 0.3) is 0 Å².